The van der Waals surface area contributed by atoms with Crippen molar-refractivity contribution in [3.05, 3.63) is 12.2 Å². The normalized spacial score (nSPS) is 34.2. The molecule has 82 valence electrons. The molecule has 1 aliphatic carbocycles. The van der Waals surface area contributed by atoms with Crippen LogP contribution in [0, 0.1) is 5.92 Å². The number of hydrogen-bond donors (Lipinski definition) is 1. The van der Waals surface area contributed by atoms with E-state index in [9.17, 15) is 18.3 Å². The molecule has 0 amide bonds. The van der Waals surface area contributed by atoms with Crippen molar-refractivity contribution >= 4 is 0 Å². The van der Waals surface area contributed by atoms with Crippen LogP contribution in [-0.4, -0.2) is 16.9 Å². The Morgan fingerprint density at radius 3 is 2.50 bits per heavy atom. The van der Waals surface area contributed by atoms with Crippen molar-refractivity contribution in [1.82, 2.24) is 0 Å². The molecule has 2 unspecified atom stereocenters. The van der Waals surface area contributed by atoms with E-state index in [1.165, 1.54) is 0 Å². The number of halogens is 3. The Morgan fingerprint density at radius 2 is 2.07 bits per heavy atom. The summed E-state index contributed by atoms with van der Waals surface area (Å²) in [5.41, 5.74) is -2.72. The van der Waals surface area contributed by atoms with E-state index in [-0.39, 0.29) is 18.8 Å². The molecule has 1 aliphatic rings. The van der Waals surface area contributed by atoms with Gasteiger partial charge in [0.25, 0.3) is 0 Å². The number of aliphatic hydroxyl groups is 1. The van der Waals surface area contributed by atoms with Crippen molar-refractivity contribution in [2.24, 2.45) is 5.92 Å². The number of alkyl halides is 3. The van der Waals surface area contributed by atoms with Crippen LogP contribution in [0.2, 0.25) is 0 Å². The summed E-state index contributed by atoms with van der Waals surface area (Å²) in [6.07, 6.45) is -2.62. The van der Waals surface area contributed by atoms with Crippen LogP contribution in [0.3, 0.4) is 0 Å². The van der Waals surface area contributed by atoms with Gasteiger partial charge in [-0.05, 0) is 25.2 Å². The Balaban J connectivity index is 2.79. The van der Waals surface area contributed by atoms with Gasteiger partial charge in [-0.2, -0.15) is 13.2 Å². The Labute approximate surface area is 81.6 Å². The third-order valence-electron chi connectivity index (χ3n) is 2.88. The molecular weight excluding hydrogens is 193 g/mol. The first-order chi connectivity index (χ1) is 6.26. The van der Waals surface area contributed by atoms with Crippen molar-refractivity contribution in [3.8, 4) is 0 Å². The molecule has 0 radical (unpaired) electrons. The molecule has 2 atom stereocenters. The maximum atomic E-state index is 12.3. The van der Waals surface area contributed by atoms with Gasteiger partial charge in [0.15, 0.2) is 0 Å². The van der Waals surface area contributed by atoms with E-state index in [0.29, 0.717) is 6.42 Å². The lowest BCUT2D eigenvalue weighted by Gasteiger charge is -2.37. The highest BCUT2D eigenvalue weighted by atomic mass is 19.4. The van der Waals surface area contributed by atoms with Gasteiger partial charge in [0.2, 0.25) is 0 Å². The summed E-state index contributed by atoms with van der Waals surface area (Å²) in [6.45, 7) is 4.84. The van der Waals surface area contributed by atoms with Crippen LogP contribution in [-0.2, 0) is 0 Å². The molecule has 1 saturated carbocycles. The third kappa shape index (κ3) is 2.29. The van der Waals surface area contributed by atoms with E-state index in [1.807, 2.05) is 6.92 Å². The minimum Gasteiger partial charge on any atom is -0.385 e. The zero-order chi connectivity index (χ0) is 11.0. The average Bonchev–Trinajstić information content (AvgIpc) is 2.01. The van der Waals surface area contributed by atoms with Crippen LogP contribution in [0.5, 0.6) is 0 Å². The van der Waals surface area contributed by atoms with Gasteiger partial charge < -0.3 is 5.11 Å². The van der Waals surface area contributed by atoms with Gasteiger partial charge in [0.1, 0.15) is 0 Å². The molecule has 0 bridgehead atoms. The molecule has 0 aromatic carbocycles. The summed E-state index contributed by atoms with van der Waals surface area (Å²) in [5.74, 6) is 0.132. The van der Waals surface area contributed by atoms with Crippen LogP contribution in [0.15, 0.2) is 12.2 Å². The highest BCUT2D eigenvalue weighted by Gasteiger charge is 2.47. The maximum Gasteiger partial charge on any atom is 0.414 e. The quantitative estimate of drug-likeness (QED) is 0.656. The van der Waals surface area contributed by atoms with Gasteiger partial charge in [0.05, 0.1) is 11.2 Å². The first-order valence-electron chi connectivity index (χ1n) is 4.75. The predicted molar refractivity (Wildman–Crippen MR) is 47.8 cm³/mol. The van der Waals surface area contributed by atoms with Gasteiger partial charge in [0, 0.05) is 0 Å². The molecule has 1 nitrogen and oxygen atoms in total. The Kier molecular flexibility index (Phi) is 2.95. The Hall–Kier alpha value is -0.510. The fraction of sp³-hybridized carbons (Fsp3) is 0.800. The molecule has 0 aromatic rings. The van der Waals surface area contributed by atoms with Crippen LogP contribution < -0.4 is 0 Å². The van der Waals surface area contributed by atoms with E-state index in [2.05, 4.69) is 6.58 Å². The van der Waals surface area contributed by atoms with Crippen LogP contribution >= 0.6 is 0 Å². The zero-order valence-electron chi connectivity index (χ0n) is 8.19. The summed E-state index contributed by atoms with van der Waals surface area (Å²) in [6, 6.07) is 0. The SMILES string of the molecule is C=C(C(F)(F)F)C1(O)CCCC(C)C1. The summed E-state index contributed by atoms with van der Waals surface area (Å²) in [7, 11) is 0. The maximum absolute atomic E-state index is 12.3. The van der Waals surface area contributed by atoms with Gasteiger partial charge in [-0.1, -0.05) is 19.9 Å². The highest BCUT2D eigenvalue weighted by molar-refractivity contribution is 5.19. The second-order valence-corrected chi connectivity index (χ2v) is 4.21. The lowest BCUT2D eigenvalue weighted by molar-refractivity contribution is -0.128. The van der Waals surface area contributed by atoms with E-state index >= 15 is 0 Å². The summed E-state index contributed by atoms with van der Waals surface area (Å²) in [5, 5.41) is 9.83. The van der Waals surface area contributed by atoms with Crippen molar-refractivity contribution < 1.29 is 18.3 Å². The minimum absolute atomic E-state index is 0.132. The molecule has 0 saturated heterocycles. The summed E-state index contributed by atoms with van der Waals surface area (Å²) in [4.78, 5) is 0. The standard InChI is InChI=1S/C10H15F3O/c1-7-4-3-5-9(14,6-7)8(2)10(11,12)13/h7,14H,2-6H2,1H3. The predicted octanol–water partition coefficient (Wildman–Crippen LogP) is 3.05. The molecule has 1 N–H and O–H groups in total. The number of rotatable bonds is 1. The fourth-order valence-corrected chi connectivity index (χ4v) is 2.06. The largest absolute Gasteiger partial charge is 0.414 e. The molecule has 0 aliphatic heterocycles. The lowest BCUT2D eigenvalue weighted by Crippen LogP contribution is -2.41. The molecule has 1 fully saturated rings. The molecular formula is C10H15F3O. The van der Waals surface area contributed by atoms with E-state index in [1.54, 1.807) is 0 Å². The molecule has 4 heteroatoms. The summed E-state index contributed by atoms with van der Waals surface area (Å²) >= 11 is 0. The van der Waals surface area contributed by atoms with E-state index in [0.717, 1.165) is 6.42 Å². The lowest BCUT2D eigenvalue weighted by atomic mass is 9.75. The molecule has 1 rings (SSSR count). The van der Waals surface area contributed by atoms with Gasteiger partial charge in [-0.15, -0.1) is 0 Å². The van der Waals surface area contributed by atoms with Gasteiger partial charge in [-0.3, -0.25) is 0 Å². The fourth-order valence-electron chi connectivity index (χ4n) is 2.06. The van der Waals surface area contributed by atoms with E-state index in [4.69, 9.17) is 0 Å². The zero-order valence-corrected chi connectivity index (χ0v) is 8.19. The highest BCUT2D eigenvalue weighted by Crippen LogP contribution is 2.42. The van der Waals surface area contributed by atoms with Crippen LogP contribution in [0.1, 0.15) is 32.6 Å². The van der Waals surface area contributed by atoms with Gasteiger partial charge >= 0.3 is 6.18 Å². The van der Waals surface area contributed by atoms with E-state index < -0.39 is 17.4 Å². The smallest absolute Gasteiger partial charge is 0.385 e. The average molecular weight is 208 g/mol. The van der Waals surface area contributed by atoms with Crippen molar-refractivity contribution in [1.29, 1.82) is 0 Å². The van der Waals surface area contributed by atoms with Crippen molar-refractivity contribution in [2.45, 2.75) is 44.4 Å². The molecule has 0 aromatic heterocycles. The molecule has 14 heavy (non-hydrogen) atoms. The molecule has 0 heterocycles. The Bertz CT molecular complexity index is 234. The monoisotopic (exact) mass is 208 g/mol. The molecule has 0 spiro atoms. The van der Waals surface area contributed by atoms with Crippen molar-refractivity contribution in [2.75, 3.05) is 0 Å². The second kappa shape index (κ2) is 3.57. The topological polar surface area (TPSA) is 20.2 Å². The Morgan fingerprint density at radius 1 is 1.50 bits per heavy atom. The van der Waals surface area contributed by atoms with Crippen LogP contribution in [0.25, 0.3) is 0 Å². The number of hydrogen-bond acceptors (Lipinski definition) is 1. The first-order valence-corrected chi connectivity index (χ1v) is 4.75. The first kappa shape index (κ1) is 11.6. The summed E-state index contributed by atoms with van der Waals surface area (Å²) < 4.78 is 37.0. The van der Waals surface area contributed by atoms with Gasteiger partial charge in [-0.25, -0.2) is 0 Å². The van der Waals surface area contributed by atoms with Crippen LogP contribution in [0.4, 0.5) is 13.2 Å². The second-order valence-electron chi connectivity index (χ2n) is 4.21. The third-order valence-corrected chi connectivity index (χ3v) is 2.88. The minimum atomic E-state index is -4.48. The van der Waals surface area contributed by atoms with Crippen molar-refractivity contribution in [3.63, 3.8) is 0 Å².